The van der Waals surface area contributed by atoms with E-state index in [-0.39, 0.29) is 36.3 Å². The van der Waals surface area contributed by atoms with Gasteiger partial charge in [0.05, 0.1) is 12.3 Å². The molecule has 3 rings (SSSR count). The third kappa shape index (κ3) is 4.71. The van der Waals surface area contributed by atoms with Crippen molar-refractivity contribution in [3.8, 4) is 0 Å². The molecule has 1 atom stereocenters. The topological polar surface area (TPSA) is 41.9 Å². The standard InChI is InChI=1S/C21H21F3N2O2/c1-13(2)21(27)26(11-15-5-8-17(23)9-19(15)24)12-18-10-20(25-28-18)14-3-6-16(22)7-4-14/h3-9,13,18H,10-12H2,1-2H3. The largest absolute Gasteiger partial charge is 0.390 e. The van der Waals surface area contributed by atoms with Crippen LogP contribution in [0.4, 0.5) is 13.2 Å². The number of halogens is 3. The van der Waals surface area contributed by atoms with Crippen LogP contribution in [0.3, 0.4) is 0 Å². The van der Waals surface area contributed by atoms with Gasteiger partial charge in [-0.2, -0.15) is 0 Å². The Morgan fingerprint density at radius 1 is 1.14 bits per heavy atom. The van der Waals surface area contributed by atoms with Crippen molar-refractivity contribution in [2.45, 2.75) is 32.9 Å². The van der Waals surface area contributed by atoms with Gasteiger partial charge in [0.2, 0.25) is 5.91 Å². The number of carbonyl (C=O) groups excluding carboxylic acids is 1. The molecule has 7 heteroatoms. The highest BCUT2D eigenvalue weighted by Gasteiger charge is 2.28. The Labute approximate surface area is 161 Å². The third-order valence-corrected chi connectivity index (χ3v) is 4.52. The summed E-state index contributed by atoms with van der Waals surface area (Å²) >= 11 is 0. The van der Waals surface area contributed by atoms with E-state index in [4.69, 9.17) is 4.84 Å². The molecule has 1 heterocycles. The highest BCUT2D eigenvalue weighted by molar-refractivity contribution is 6.01. The second-order valence-corrected chi connectivity index (χ2v) is 7.09. The molecule has 0 saturated carbocycles. The predicted octanol–water partition coefficient (Wildman–Crippen LogP) is 4.28. The minimum atomic E-state index is -0.697. The SMILES string of the molecule is CC(C)C(=O)N(Cc1ccc(F)cc1F)CC1CC(c2ccc(F)cc2)=NO1. The maximum Gasteiger partial charge on any atom is 0.225 e. The molecule has 1 unspecified atom stereocenters. The lowest BCUT2D eigenvalue weighted by Crippen LogP contribution is -2.39. The Balaban J connectivity index is 1.70. The fourth-order valence-corrected chi connectivity index (χ4v) is 3.04. The second-order valence-electron chi connectivity index (χ2n) is 7.09. The van der Waals surface area contributed by atoms with Crippen molar-refractivity contribution in [3.63, 3.8) is 0 Å². The van der Waals surface area contributed by atoms with E-state index in [2.05, 4.69) is 5.16 Å². The molecule has 4 nitrogen and oxygen atoms in total. The molecule has 28 heavy (non-hydrogen) atoms. The molecule has 2 aromatic rings. The van der Waals surface area contributed by atoms with Crippen LogP contribution in [0.25, 0.3) is 0 Å². The molecule has 1 aliphatic rings. The van der Waals surface area contributed by atoms with Gasteiger partial charge in [-0.15, -0.1) is 0 Å². The maximum atomic E-state index is 14.0. The maximum absolute atomic E-state index is 14.0. The average Bonchev–Trinajstić information content (AvgIpc) is 3.11. The summed E-state index contributed by atoms with van der Waals surface area (Å²) in [5.41, 5.74) is 1.64. The summed E-state index contributed by atoms with van der Waals surface area (Å²) in [5.74, 6) is -2.16. The van der Waals surface area contributed by atoms with Gasteiger partial charge in [-0.05, 0) is 23.8 Å². The quantitative estimate of drug-likeness (QED) is 0.739. The highest BCUT2D eigenvalue weighted by atomic mass is 19.1. The number of oxime groups is 1. The van der Waals surface area contributed by atoms with Crippen molar-refractivity contribution in [1.82, 2.24) is 4.90 Å². The molecule has 148 valence electrons. The Bertz CT molecular complexity index is 882. The van der Waals surface area contributed by atoms with E-state index in [1.807, 2.05) is 0 Å². The Morgan fingerprint density at radius 2 is 1.82 bits per heavy atom. The first-order valence-corrected chi connectivity index (χ1v) is 9.05. The number of hydrogen-bond acceptors (Lipinski definition) is 3. The van der Waals surface area contributed by atoms with E-state index >= 15 is 0 Å². The first kappa shape index (κ1) is 19.9. The van der Waals surface area contributed by atoms with Gasteiger partial charge in [0.15, 0.2) is 6.10 Å². The van der Waals surface area contributed by atoms with E-state index < -0.39 is 17.7 Å². The van der Waals surface area contributed by atoms with E-state index in [0.717, 1.165) is 17.7 Å². The molecule has 0 fully saturated rings. The van der Waals surface area contributed by atoms with Crippen molar-refractivity contribution in [3.05, 3.63) is 71.0 Å². The van der Waals surface area contributed by atoms with Crippen molar-refractivity contribution < 1.29 is 22.8 Å². The van der Waals surface area contributed by atoms with Crippen molar-refractivity contribution >= 4 is 11.6 Å². The lowest BCUT2D eigenvalue weighted by atomic mass is 10.0. The van der Waals surface area contributed by atoms with Crippen LogP contribution in [0.2, 0.25) is 0 Å². The molecule has 0 N–H and O–H groups in total. The Morgan fingerprint density at radius 3 is 2.46 bits per heavy atom. The minimum Gasteiger partial charge on any atom is -0.390 e. The van der Waals surface area contributed by atoms with Gasteiger partial charge in [0.25, 0.3) is 0 Å². The molecular formula is C21H21F3N2O2. The van der Waals surface area contributed by atoms with Gasteiger partial charge in [-0.1, -0.05) is 37.2 Å². The third-order valence-electron chi connectivity index (χ3n) is 4.52. The number of hydrogen-bond donors (Lipinski definition) is 0. The van der Waals surface area contributed by atoms with Crippen LogP contribution < -0.4 is 0 Å². The molecule has 1 aliphatic heterocycles. The fraction of sp³-hybridized carbons (Fsp3) is 0.333. The summed E-state index contributed by atoms with van der Waals surface area (Å²) in [5, 5.41) is 4.04. The second kappa shape index (κ2) is 8.46. The molecule has 2 aromatic carbocycles. The monoisotopic (exact) mass is 390 g/mol. The number of amides is 1. The zero-order chi connectivity index (χ0) is 20.3. The summed E-state index contributed by atoms with van der Waals surface area (Å²) < 4.78 is 40.3. The number of nitrogens with zero attached hydrogens (tertiary/aromatic N) is 2. The lowest BCUT2D eigenvalue weighted by molar-refractivity contribution is -0.137. The molecule has 1 amide bonds. The van der Waals surface area contributed by atoms with Gasteiger partial charge in [0.1, 0.15) is 17.5 Å². The van der Waals surface area contributed by atoms with Crippen LogP contribution in [0.15, 0.2) is 47.6 Å². The normalized spacial score (nSPS) is 16.1. The van der Waals surface area contributed by atoms with E-state index in [1.54, 1.807) is 26.0 Å². The Hall–Kier alpha value is -2.83. The average molecular weight is 390 g/mol. The van der Waals surface area contributed by atoms with E-state index in [0.29, 0.717) is 12.1 Å². The molecule has 0 saturated heterocycles. The van der Waals surface area contributed by atoms with E-state index in [1.165, 1.54) is 23.1 Å². The lowest BCUT2D eigenvalue weighted by Gasteiger charge is -2.26. The first-order chi connectivity index (χ1) is 13.3. The van der Waals surface area contributed by atoms with Gasteiger partial charge >= 0.3 is 0 Å². The summed E-state index contributed by atoms with van der Waals surface area (Å²) in [6.45, 7) is 3.73. The molecule has 0 spiro atoms. The molecule has 0 bridgehead atoms. The summed E-state index contributed by atoms with van der Waals surface area (Å²) in [6.07, 6.45) is 0.0469. The first-order valence-electron chi connectivity index (χ1n) is 9.05. The van der Waals surface area contributed by atoms with Crippen LogP contribution in [-0.4, -0.2) is 29.2 Å². The zero-order valence-electron chi connectivity index (χ0n) is 15.7. The van der Waals surface area contributed by atoms with Crippen LogP contribution in [0.1, 0.15) is 31.4 Å². The van der Waals surface area contributed by atoms with E-state index in [9.17, 15) is 18.0 Å². The van der Waals surface area contributed by atoms with Crippen molar-refractivity contribution in [1.29, 1.82) is 0 Å². The predicted molar refractivity (Wildman–Crippen MR) is 99.0 cm³/mol. The fourth-order valence-electron chi connectivity index (χ4n) is 3.04. The Kier molecular flexibility index (Phi) is 6.02. The molecule has 0 aliphatic carbocycles. The summed E-state index contributed by atoms with van der Waals surface area (Å²) in [7, 11) is 0. The number of carbonyl (C=O) groups is 1. The minimum absolute atomic E-state index is 0.00880. The van der Waals surface area contributed by atoms with Crippen LogP contribution >= 0.6 is 0 Å². The van der Waals surface area contributed by atoms with Crippen LogP contribution in [0.5, 0.6) is 0 Å². The van der Waals surface area contributed by atoms with Crippen molar-refractivity contribution in [2.24, 2.45) is 11.1 Å². The number of benzene rings is 2. The molecular weight excluding hydrogens is 369 g/mol. The van der Waals surface area contributed by atoms with Crippen LogP contribution in [-0.2, 0) is 16.2 Å². The smallest absolute Gasteiger partial charge is 0.225 e. The van der Waals surface area contributed by atoms with Crippen molar-refractivity contribution in [2.75, 3.05) is 6.54 Å². The zero-order valence-corrected chi connectivity index (χ0v) is 15.7. The van der Waals surface area contributed by atoms with Gasteiger partial charge in [-0.3, -0.25) is 4.79 Å². The molecule has 0 radical (unpaired) electrons. The number of rotatable bonds is 6. The van der Waals surface area contributed by atoms with Gasteiger partial charge in [-0.25, -0.2) is 13.2 Å². The summed E-state index contributed by atoms with van der Waals surface area (Å²) in [4.78, 5) is 19.5. The summed E-state index contributed by atoms with van der Waals surface area (Å²) in [6, 6.07) is 9.22. The van der Waals surface area contributed by atoms with Gasteiger partial charge < -0.3 is 9.74 Å². The van der Waals surface area contributed by atoms with Gasteiger partial charge in [0, 0.05) is 30.5 Å². The van der Waals surface area contributed by atoms with Crippen LogP contribution in [0, 0.1) is 23.4 Å². The molecule has 0 aromatic heterocycles. The highest BCUT2D eigenvalue weighted by Crippen LogP contribution is 2.21.